The van der Waals surface area contributed by atoms with Crippen LogP contribution < -0.4 is 5.11 Å². The van der Waals surface area contributed by atoms with Gasteiger partial charge in [-0.05, 0) is 77.0 Å². The molecule has 0 aliphatic rings. The molecule has 2 unspecified atom stereocenters. The number of nitrogens with zero attached hydrogens (tertiary/aromatic N) is 1. The molecule has 0 heterocycles. The fourth-order valence-corrected chi connectivity index (χ4v) is 8.94. The van der Waals surface area contributed by atoms with Crippen LogP contribution in [0.15, 0.2) is 60.8 Å². The van der Waals surface area contributed by atoms with Crippen LogP contribution in [-0.4, -0.2) is 82.3 Å². The highest BCUT2D eigenvalue weighted by molar-refractivity contribution is 5.70. The van der Waals surface area contributed by atoms with Gasteiger partial charge in [-0.2, -0.15) is 0 Å². The van der Waals surface area contributed by atoms with E-state index in [2.05, 4.69) is 74.6 Å². The molecule has 0 aromatic heterocycles. The first-order chi connectivity index (χ1) is 36.6. The SMILES string of the molecule is CC/C=C\C/C=C\C/C=C\C/C=C\CCCCC(=O)OC(COC(=O)CCCCCCCCCCCCCCCCCCCCCCCCC/C=C\CCCCCCCCCC)COC(OCC[N+](C)(C)C)C(=O)[O-]. The van der Waals surface area contributed by atoms with Crippen LogP contribution in [0.2, 0.25) is 0 Å². The van der Waals surface area contributed by atoms with Crippen molar-refractivity contribution in [2.75, 3.05) is 47.5 Å². The van der Waals surface area contributed by atoms with Gasteiger partial charge >= 0.3 is 11.9 Å². The van der Waals surface area contributed by atoms with Gasteiger partial charge in [-0.15, -0.1) is 0 Å². The Balaban J connectivity index is 4.02. The summed E-state index contributed by atoms with van der Waals surface area (Å²) in [5.41, 5.74) is 0. The average Bonchev–Trinajstić information content (AvgIpc) is 3.38. The number of carbonyl (C=O) groups excluding carboxylic acids is 3. The Morgan fingerprint density at radius 1 is 0.413 bits per heavy atom. The van der Waals surface area contributed by atoms with Crippen molar-refractivity contribution in [3.8, 4) is 0 Å². The Bertz CT molecular complexity index is 1410. The average molecular weight is 1050 g/mol. The van der Waals surface area contributed by atoms with E-state index in [0.29, 0.717) is 17.4 Å². The summed E-state index contributed by atoms with van der Waals surface area (Å²) < 4.78 is 22.6. The standard InChI is InChI=1S/C66H119NO8/c1-6-8-10-12-14-16-18-20-22-23-24-25-26-27-28-29-30-31-32-33-34-35-36-37-38-39-40-41-43-44-46-48-50-52-54-56-63(68)73-60-62(61-74-66(65(70)71)72-59-58-67(3,4)5)75-64(69)57-55-53-51-49-47-45-42-21-19-17-15-13-11-9-7-2/h9,11,15,17,21,23-24,42,47,49,62,66H,6-8,10,12-14,16,18-20,22,25-41,43-46,48,50-61H2,1-5H3/b11-9-,17-15-,24-23-,42-21-,49-47-. The van der Waals surface area contributed by atoms with E-state index in [0.717, 1.165) is 57.8 Å². The van der Waals surface area contributed by atoms with Crippen molar-refractivity contribution < 1.29 is 42.9 Å². The Morgan fingerprint density at radius 2 is 0.760 bits per heavy atom. The minimum absolute atomic E-state index is 0.139. The Labute approximate surface area is 463 Å². The quantitative estimate of drug-likeness (QED) is 0.0195. The number of aliphatic carboxylic acids is 1. The third kappa shape index (κ3) is 58.5. The molecule has 0 rings (SSSR count). The summed E-state index contributed by atoms with van der Waals surface area (Å²) in [7, 11) is 5.91. The van der Waals surface area contributed by atoms with Gasteiger partial charge in [0.05, 0.1) is 40.3 Å². The van der Waals surface area contributed by atoms with Gasteiger partial charge in [0.1, 0.15) is 13.2 Å². The molecular formula is C66H119NO8. The number of esters is 2. The molecule has 0 radical (unpaired) electrons. The molecule has 0 fully saturated rings. The lowest BCUT2D eigenvalue weighted by atomic mass is 10.0. The maximum atomic E-state index is 12.8. The normalized spacial score (nSPS) is 13.1. The number of ether oxygens (including phenoxy) is 4. The van der Waals surface area contributed by atoms with Crippen molar-refractivity contribution in [2.45, 2.75) is 296 Å². The van der Waals surface area contributed by atoms with E-state index in [9.17, 15) is 19.5 Å². The van der Waals surface area contributed by atoms with Gasteiger partial charge in [0, 0.05) is 12.8 Å². The van der Waals surface area contributed by atoms with Crippen LogP contribution in [0.25, 0.3) is 0 Å². The highest BCUT2D eigenvalue weighted by atomic mass is 16.7. The number of allylic oxidation sites excluding steroid dienone is 10. The molecule has 436 valence electrons. The van der Waals surface area contributed by atoms with Gasteiger partial charge in [0.2, 0.25) is 0 Å². The Hall–Kier alpha value is -3.01. The van der Waals surface area contributed by atoms with Gasteiger partial charge < -0.3 is 33.3 Å². The van der Waals surface area contributed by atoms with E-state index in [1.807, 2.05) is 21.1 Å². The van der Waals surface area contributed by atoms with Crippen molar-refractivity contribution in [3.05, 3.63) is 60.8 Å². The molecule has 75 heavy (non-hydrogen) atoms. The lowest BCUT2D eigenvalue weighted by Crippen LogP contribution is -2.44. The zero-order valence-corrected chi connectivity index (χ0v) is 49.7. The first-order valence-electron chi connectivity index (χ1n) is 31.4. The monoisotopic (exact) mass is 1050 g/mol. The zero-order valence-electron chi connectivity index (χ0n) is 49.7. The third-order valence-electron chi connectivity index (χ3n) is 13.7. The number of quaternary nitrogens is 1. The topological polar surface area (TPSA) is 111 Å². The highest BCUT2D eigenvalue weighted by Gasteiger charge is 2.22. The molecule has 0 N–H and O–H groups in total. The van der Waals surface area contributed by atoms with Crippen molar-refractivity contribution in [1.82, 2.24) is 0 Å². The zero-order chi connectivity index (χ0) is 54.8. The molecular weight excluding hydrogens is 935 g/mol. The third-order valence-corrected chi connectivity index (χ3v) is 13.7. The molecule has 0 bridgehead atoms. The number of carboxylic acid groups (broad SMARTS) is 1. The molecule has 9 heteroatoms. The molecule has 0 spiro atoms. The van der Waals surface area contributed by atoms with Crippen LogP contribution in [0.3, 0.4) is 0 Å². The first-order valence-corrected chi connectivity index (χ1v) is 31.4. The van der Waals surface area contributed by atoms with Gasteiger partial charge in [-0.1, -0.05) is 254 Å². The van der Waals surface area contributed by atoms with E-state index >= 15 is 0 Å². The summed E-state index contributed by atoms with van der Waals surface area (Å²) in [5, 5.41) is 11.8. The molecule has 0 aliphatic heterocycles. The minimum atomic E-state index is -1.63. The van der Waals surface area contributed by atoms with E-state index in [1.54, 1.807) is 0 Å². The highest BCUT2D eigenvalue weighted by Crippen LogP contribution is 2.17. The second-order valence-electron chi connectivity index (χ2n) is 22.3. The summed E-state index contributed by atoms with van der Waals surface area (Å²) in [4.78, 5) is 37.2. The van der Waals surface area contributed by atoms with Crippen LogP contribution in [-0.2, 0) is 33.3 Å². The van der Waals surface area contributed by atoms with E-state index in [-0.39, 0.29) is 38.6 Å². The number of carboxylic acids is 1. The Kier molecular flexibility index (Phi) is 54.9. The van der Waals surface area contributed by atoms with E-state index in [1.165, 1.54) is 193 Å². The number of carbonyl (C=O) groups is 3. The molecule has 0 saturated carbocycles. The summed E-state index contributed by atoms with van der Waals surface area (Å²) in [5.74, 6) is -2.33. The fraction of sp³-hybridized carbons (Fsp3) is 0.803. The largest absolute Gasteiger partial charge is 0.545 e. The lowest BCUT2D eigenvalue weighted by molar-refractivity contribution is -0.870. The molecule has 0 amide bonds. The number of hydrogen-bond acceptors (Lipinski definition) is 8. The van der Waals surface area contributed by atoms with Crippen molar-refractivity contribution in [2.24, 2.45) is 0 Å². The van der Waals surface area contributed by atoms with Gasteiger partial charge in [-0.3, -0.25) is 9.59 Å². The van der Waals surface area contributed by atoms with Crippen LogP contribution in [0.1, 0.15) is 284 Å². The summed E-state index contributed by atoms with van der Waals surface area (Å²) in [6, 6.07) is 0. The van der Waals surface area contributed by atoms with Gasteiger partial charge in [-0.25, -0.2) is 0 Å². The van der Waals surface area contributed by atoms with Crippen molar-refractivity contribution >= 4 is 17.9 Å². The molecule has 0 aromatic carbocycles. The van der Waals surface area contributed by atoms with Crippen LogP contribution in [0, 0.1) is 0 Å². The van der Waals surface area contributed by atoms with Gasteiger partial charge in [0.15, 0.2) is 12.4 Å². The number of likely N-dealkylation sites (N-methyl/N-ethyl adjacent to an activating group) is 1. The smallest absolute Gasteiger partial charge is 0.306 e. The Morgan fingerprint density at radius 3 is 1.17 bits per heavy atom. The number of hydrogen-bond donors (Lipinski definition) is 0. The van der Waals surface area contributed by atoms with Crippen LogP contribution in [0.5, 0.6) is 0 Å². The molecule has 0 aliphatic carbocycles. The maximum absolute atomic E-state index is 12.8. The fourth-order valence-electron chi connectivity index (χ4n) is 8.94. The van der Waals surface area contributed by atoms with Crippen molar-refractivity contribution in [1.29, 1.82) is 0 Å². The number of rotatable bonds is 58. The second-order valence-corrected chi connectivity index (χ2v) is 22.3. The maximum Gasteiger partial charge on any atom is 0.306 e. The summed E-state index contributed by atoms with van der Waals surface area (Å²) >= 11 is 0. The minimum Gasteiger partial charge on any atom is -0.545 e. The van der Waals surface area contributed by atoms with Crippen LogP contribution >= 0.6 is 0 Å². The predicted octanol–water partition coefficient (Wildman–Crippen LogP) is 17.5. The molecule has 0 saturated heterocycles. The second kappa shape index (κ2) is 57.2. The molecule has 2 atom stereocenters. The molecule has 9 nitrogen and oxygen atoms in total. The van der Waals surface area contributed by atoms with E-state index < -0.39 is 24.3 Å². The first kappa shape index (κ1) is 72.0. The van der Waals surface area contributed by atoms with E-state index in [4.69, 9.17) is 18.9 Å². The summed E-state index contributed by atoms with van der Waals surface area (Å²) in [6.45, 7) is 4.60. The van der Waals surface area contributed by atoms with Gasteiger partial charge in [0.25, 0.3) is 0 Å². The van der Waals surface area contributed by atoms with Crippen molar-refractivity contribution in [3.63, 3.8) is 0 Å². The lowest BCUT2D eigenvalue weighted by Gasteiger charge is -2.26. The van der Waals surface area contributed by atoms with Crippen LogP contribution in [0.4, 0.5) is 0 Å². The summed E-state index contributed by atoms with van der Waals surface area (Å²) in [6.07, 6.45) is 70.4. The molecule has 0 aromatic rings. The number of unbranched alkanes of at least 4 members (excludes halogenated alkanes) is 33. The predicted molar refractivity (Wildman–Crippen MR) is 315 cm³/mol.